The number of sulfonamides is 1. The minimum absolute atomic E-state index is 0.0595. The molecule has 0 spiro atoms. The molecule has 0 saturated heterocycles. The SMILES string of the molecule is CCCCC(N=C1NS(=O)(=O)c2ccccc21)C(=O)NCc1ccc(Cn2ccccc2=O)cc1. The summed E-state index contributed by atoms with van der Waals surface area (Å²) in [6.07, 6.45) is 3.94. The van der Waals surface area contributed by atoms with Gasteiger partial charge in [0, 0.05) is 24.4 Å². The average molecular weight is 493 g/mol. The van der Waals surface area contributed by atoms with Crippen molar-refractivity contribution in [2.24, 2.45) is 4.99 Å². The van der Waals surface area contributed by atoms with E-state index in [0.29, 0.717) is 25.1 Å². The first-order chi connectivity index (χ1) is 16.9. The van der Waals surface area contributed by atoms with Crippen molar-refractivity contribution in [2.45, 2.75) is 50.2 Å². The summed E-state index contributed by atoms with van der Waals surface area (Å²) in [5.74, 6) is -0.0493. The molecule has 2 N–H and O–H groups in total. The van der Waals surface area contributed by atoms with Gasteiger partial charge >= 0.3 is 0 Å². The van der Waals surface area contributed by atoms with Gasteiger partial charge < -0.3 is 9.88 Å². The monoisotopic (exact) mass is 492 g/mol. The molecule has 4 rings (SSSR count). The Bertz CT molecular complexity index is 1400. The molecule has 0 aliphatic carbocycles. The van der Waals surface area contributed by atoms with Crippen molar-refractivity contribution in [3.63, 3.8) is 0 Å². The lowest BCUT2D eigenvalue weighted by Gasteiger charge is -2.14. The second kappa shape index (κ2) is 10.7. The molecule has 1 aliphatic heterocycles. The third-order valence-electron chi connectivity index (χ3n) is 5.82. The van der Waals surface area contributed by atoms with E-state index in [-0.39, 0.29) is 22.2 Å². The van der Waals surface area contributed by atoms with Crippen molar-refractivity contribution in [3.05, 3.63) is 100.0 Å². The van der Waals surface area contributed by atoms with E-state index in [1.165, 1.54) is 12.1 Å². The molecule has 1 aliphatic rings. The van der Waals surface area contributed by atoms with Crippen LogP contribution in [0.25, 0.3) is 0 Å². The highest BCUT2D eigenvalue weighted by Crippen LogP contribution is 2.23. The van der Waals surface area contributed by atoms with Gasteiger partial charge in [-0.25, -0.2) is 8.42 Å². The standard InChI is InChI=1S/C26H28N4O4S/c1-2-3-9-22(28-25-21-8-4-5-10-23(21)35(33,34)29-25)26(32)27-17-19-12-14-20(15-13-19)18-30-16-7-6-11-24(30)31/h4-8,10-16,22H,2-3,9,17-18H2,1H3,(H,27,32)(H,28,29). The van der Waals surface area contributed by atoms with Crippen LogP contribution in [0.3, 0.4) is 0 Å². The first-order valence-electron chi connectivity index (χ1n) is 11.6. The number of hydrogen-bond acceptors (Lipinski definition) is 5. The quantitative estimate of drug-likeness (QED) is 0.479. The molecule has 9 heteroatoms. The third kappa shape index (κ3) is 5.86. The highest BCUT2D eigenvalue weighted by Gasteiger charge is 2.31. The molecule has 1 aromatic heterocycles. The molecule has 0 bridgehead atoms. The maximum absolute atomic E-state index is 13.0. The van der Waals surface area contributed by atoms with Gasteiger partial charge in [0.05, 0.1) is 11.4 Å². The Morgan fingerprint density at radius 3 is 2.49 bits per heavy atom. The van der Waals surface area contributed by atoms with E-state index in [0.717, 1.165) is 24.0 Å². The molecule has 182 valence electrons. The number of unbranched alkanes of at least 4 members (excludes halogenated alkanes) is 1. The van der Waals surface area contributed by atoms with Crippen molar-refractivity contribution < 1.29 is 13.2 Å². The Hall–Kier alpha value is -3.72. The Morgan fingerprint density at radius 2 is 1.74 bits per heavy atom. The number of nitrogens with zero attached hydrogens (tertiary/aromatic N) is 2. The molecule has 2 aromatic carbocycles. The van der Waals surface area contributed by atoms with E-state index in [2.05, 4.69) is 15.0 Å². The number of hydrogen-bond donors (Lipinski definition) is 2. The maximum atomic E-state index is 13.0. The number of carbonyl (C=O) groups is 1. The van der Waals surface area contributed by atoms with Gasteiger partial charge in [0.15, 0.2) is 0 Å². The zero-order valence-electron chi connectivity index (χ0n) is 19.5. The van der Waals surface area contributed by atoms with E-state index < -0.39 is 16.1 Å². The maximum Gasteiger partial charge on any atom is 0.263 e. The van der Waals surface area contributed by atoms with Crippen LogP contribution in [0.15, 0.2) is 87.6 Å². The molecular formula is C26H28N4O4S. The van der Waals surface area contributed by atoms with Crippen LogP contribution in [0, 0.1) is 0 Å². The fourth-order valence-electron chi connectivity index (χ4n) is 3.89. The van der Waals surface area contributed by atoms with Crippen LogP contribution in [0.2, 0.25) is 0 Å². The van der Waals surface area contributed by atoms with E-state index in [1.54, 1.807) is 35.0 Å². The summed E-state index contributed by atoms with van der Waals surface area (Å²) in [5.41, 5.74) is 2.31. The Labute approximate surface area is 204 Å². The molecule has 1 amide bonds. The summed E-state index contributed by atoms with van der Waals surface area (Å²) >= 11 is 0. The zero-order valence-corrected chi connectivity index (χ0v) is 20.3. The highest BCUT2D eigenvalue weighted by molar-refractivity contribution is 7.90. The third-order valence-corrected chi connectivity index (χ3v) is 7.22. The lowest BCUT2D eigenvalue weighted by molar-refractivity contribution is -0.122. The molecule has 8 nitrogen and oxygen atoms in total. The second-order valence-corrected chi connectivity index (χ2v) is 10.1. The van der Waals surface area contributed by atoms with Crippen LogP contribution in [0.4, 0.5) is 0 Å². The fraction of sp³-hybridized carbons (Fsp3) is 0.269. The topological polar surface area (TPSA) is 110 Å². The number of amides is 1. The number of benzene rings is 2. The molecule has 0 saturated carbocycles. The fourth-order valence-corrected chi connectivity index (χ4v) is 5.13. The van der Waals surface area contributed by atoms with Gasteiger partial charge in [0.25, 0.3) is 15.6 Å². The molecule has 0 radical (unpaired) electrons. The summed E-state index contributed by atoms with van der Waals surface area (Å²) < 4.78 is 28.9. The molecule has 1 unspecified atom stereocenters. The Morgan fingerprint density at radius 1 is 1.03 bits per heavy atom. The predicted molar refractivity (Wildman–Crippen MR) is 135 cm³/mol. The van der Waals surface area contributed by atoms with Crippen molar-refractivity contribution in [2.75, 3.05) is 0 Å². The molecule has 35 heavy (non-hydrogen) atoms. The molecule has 3 aromatic rings. The minimum Gasteiger partial charge on any atom is -0.350 e. The number of aliphatic imine (C=N–C) groups is 1. The number of nitrogens with one attached hydrogen (secondary N) is 2. The van der Waals surface area contributed by atoms with Gasteiger partial charge in [-0.05, 0) is 35.7 Å². The summed E-state index contributed by atoms with van der Waals surface area (Å²) in [6, 6.07) is 18.7. The van der Waals surface area contributed by atoms with Crippen LogP contribution < -0.4 is 15.6 Å². The number of aromatic nitrogens is 1. The summed E-state index contributed by atoms with van der Waals surface area (Å²) in [7, 11) is -3.67. The number of amidine groups is 1. The van der Waals surface area contributed by atoms with Crippen molar-refractivity contribution in [1.82, 2.24) is 14.6 Å². The molecule has 0 fully saturated rings. The van der Waals surface area contributed by atoms with Crippen molar-refractivity contribution in [3.8, 4) is 0 Å². The number of pyridine rings is 1. The molecular weight excluding hydrogens is 464 g/mol. The van der Waals surface area contributed by atoms with E-state index in [9.17, 15) is 18.0 Å². The minimum atomic E-state index is -3.67. The second-order valence-electron chi connectivity index (χ2n) is 8.44. The van der Waals surface area contributed by atoms with Gasteiger partial charge in [-0.1, -0.05) is 62.2 Å². The van der Waals surface area contributed by atoms with E-state index in [1.807, 2.05) is 37.3 Å². The predicted octanol–water partition coefficient (Wildman–Crippen LogP) is 2.81. The first-order valence-corrected chi connectivity index (χ1v) is 13.1. The van der Waals surface area contributed by atoms with Gasteiger partial charge in [-0.3, -0.25) is 19.3 Å². The lowest BCUT2D eigenvalue weighted by atomic mass is 10.1. The van der Waals surface area contributed by atoms with Gasteiger partial charge in [0.2, 0.25) is 5.91 Å². The smallest absolute Gasteiger partial charge is 0.263 e. The van der Waals surface area contributed by atoms with Crippen molar-refractivity contribution >= 4 is 21.8 Å². The highest BCUT2D eigenvalue weighted by atomic mass is 32.2. The largest absolute Gasteiger partial charge is 0.350 e. The van der Waals surface area contributed by atoms with Gasteiger partial charge in [-0.15, -0.1) is 0 Å². The average Bonchev–Trinajstić information content (AvgIpc) is 3.12. The van der Waals surface area contributed by atoms with Gasteiger partial charge in [-0.2, -0.15) is 0 Å². The Balaban J connectivity index is 1.44. The van der Waals surface area contributed by atoms with E-state index in [4.69, 9.17) is 0 Å². The summed E-state index contributed by atoms with van der Waals surface area (Å²) in [5, 5.41) is 2.93. The summed E-state index contributed by atoms with van der Waals surface area (Å²) in [6.45, 7) is 2.82. The van der Waals surface area contributed by atoms with E-state index >= 15 is 0 Å². The number of carbonyl (C=O) groups excluding carboxylic acids is 1. The zero-order chi connectivity index (χ0) is 24.8. The van der Waals surface area contributed by atoms with Crippen LogP contribution in [0.1, 0.15) is 42.9 Å². The normalized spacial score (nSPS) is 15.9. The number of rotatable bonds is 9. The Kier molecular flexibility index (Phi) is 7.45. The summed E-state index contributed by atoms with van der Waals surface area (Å²) in [4.78, 5) is 29.6. The molecule has 1 atom stereocenters. The van der Waals surface area contributed by atoms with Crippen LogP contribution in [-0.2, 0) is 27.9 Å². The van der Waals surface area contributed by atoms with Crippen LogP contribution >= 0.6 is 0 Å². The lowest BCUT2D eigenvalue weighted by Crippen LogP contribution is -2.35. The number of fused-ring (bicyclic) bond motifs is 1. The van der Waals surface area contributed by atoms with Crippen molar-refractivity contribution in [1.29, 1.82) is 0 Å². The van der Waals surface area contributed by atoms with Crippen LogP contribution in [-0.4, -0.2) is 30.8 Å². The molecule has 2 heterocycles. The van der Waals surface area contributed by atoms with Gasteiger partial charge in [0.1, 0.15) is 11.9 Å². The van der Waals surface area contributed by atoms with Crippen LogP contribution in [0.5, 0.6) is 0 Å². The first kappa shape index (κ1) is 24.4.